The van der Waals surface area contributed by atoms with E-state index in [2.05, 4.69) is 37.8 Å². The van der Waals surface area contributed by atoms with Gasteiger partial charge in [0.15, 0.2) is 0 Å². The van der Waals surface area contributed by atoms with Crippen molar-refractivity contribution >= 4 is 39.1 Å². The average Bonchev–Trinajstić information content (AvgIpc) is 2.76. The summed E-state index contributed by atoms with van der Waals surface area (Å²) in [5, 5.41) is 6.89. The van der Waals surface area contributed by atoms with Crippen LogP contribution in [0.2, 0.25) is 0 Å². The lowest BCUT2D eigenvalue weighted by atomic mass is 10.2. The fraction of sp³-hybridized carbons (Fsp3) is 0.308. The van der Waals surface area contributed by atoms with E-state index in [9.17, 15) is 4.79 Å². The van der Waals surface area contributed by atoms with Crippen LogP contribution in [0.1, 0.15) is 34.3 Å². The van der Waals surface area contributed by atoms with Gasteiger partial charge in [-0.25, -0.2) is 0 Å². The lowest BCUT2D eigenvalue weighted by Crippen LogP contribution is -2.12. The number of aryl methyl sites for hydroxylation is 2. The Morgan fingerprint density at radius 1 is 1.42 bits per heavy atom. The predicted octanol–water partition coefficient (Wildman–Crippen LogP) is 3.81. The molecule has 0 aliphatic carbocycles. The van der Waals surface area contributed by atoms with Gasteiger partial charge in [-0.15, -0.1) is 5.10 Å². The second-order valence-electron chi connectivity index (χ2n) is 4.27. The number of amides is 1. The third-order valence-electron chi connectivity index (χ3n) is 2.55. The van der Waals surface area contributed by atoms with Gasteiger partial charge in [-0.3, -0.25) is 4.79 Å². The quantitative estimate of drug-likeness (QED) is 0.921. The van der Waals surface area contributed by atoms with Crippen LogP contribution in [-0.2, 0) is 6.42 Å². The molecule has 0 bridgehead atoms. The summed E-state index contributed by atoms with van der Waals surface area (Å²) in [6.07, 6.45) is 1.72. The number of aromatic nitrogens is 2. The molecule has 4 nitrogen and oxygen atoms in total. The molecule has 0 saturated heterocycles. The van der Waals surface area contributed by atoms with Gasteiger partial charge in [0.1, 0.15) is 4.88 Å². The maximum Gasteiger partial charge on any atom is 0.269 e. The van der Waals surface area contributed by atoms with E-state index in [1.54, 1.807) is 0 Å². The van der Waals surface area contributed by atoms with Crippen molar-refractivity contribution in [2.24, 2.45) is 0 Å². The molecule has 1 heterocycles. The Morgan fingerprint density at radius 3 is 2.89 bits per heavy atom. The van der Waals surface area contributed by atoms with E-state index in [1.165, 1.54) is 0 Å². The fourth-order valence-electron chi connectivity index (χ4n) is 1.78. The number of anilines is 1. The van der Waals surface area contributed by atoms with Crippen LogP contribution in [0.4, 0.5) is 5.69 Å². The molecule has 1 N–H and O–H groups in total. The Morgan fingerprint density at radius 2 is 2.21 bits per heavy atom. The molecule has 2 rings (SSSR count). The summed E-state index contributed by atoms with van der Waals surface area (Å²) >= 11 is 4.56. The van der Waals surface area contributed by atoms with Gasteiger partial charge in [0, 0.05) is 10.2 Å². The molecular weight excluding hydrogens is 326 g/mol. The molecule has 0 atom stereocenters. The summed E-state index contributed by atoms with van der Waals surface area (Å²) in [5.74, 6) is -0.143. The zero-order valence-electron chi connectivity index (χ0n) is 10.7. The standard InChI is InChI=1S/C13H14BrN3OS/c1-3-4-11-12(19-17-16-11)13(18)15-10-6-8(2)5-9(14)7-10/h5-7H,3-4H2,1-2H3,(H,15,18). The lowest BCUT2D eigenvalue weighted by molar-refractivity contribution is 0.102. The first kappa shape index (κ1) is 14.1. The molecule has 1 amide bonds. The summed E-state index contributed by atoms with van der Waals surface area (Å²) in [6, 6.07) is 5.79. The van der Waals surface area contributed by atoms with Crippen molar-refractivity contribution in [1.29, 1.82) is 0 Å². The van der Waals surface area contributed by atoms with Gasteiger partial charge in [0.05, 0.1) is 5.69 Å². The molecule has 0 unspecified atom stereocenters. The topological polar surface area (TPSA) is 54.9 Å². The summed E-state index contributed by atoms with van der Waals surface area (Å²) in [6.45, 7) is 4.04. The molecule has 19 heavy (non-hydrogen) atoms. The maximum absolute atomic E-state index is 12.2. The highest BCUT2D eigenvalue weighted by Crippen LogP contribution is 2.21. The van der Waals surface area contributed by atoms with Crippen LogP contribution >= 0.6 is 27.5 Å². The van der Waals surface area contributed by atoms with Crippen LogP contribution in [0.3, 0.4) is 0 Å². The van der Waals surface area contributed by atoms with E-state index in [1.807, 2.05) is 25.1 Å². The lowest BCUT2D eigenvalue weighted by Gasteiger charge is -2.06. The van der Waals surface area contributed by atoms with E-state index in [-0.39, 0.29) is 5.91 Å². The Labute approximate surface area is 124 Å². The zero-order chi connectivity index (χ0) is 13.8. The SMILES string of the molecule is CCCc1nnsc1C(=O)Nc1cc(C)cc(Br)c1. The number of hydrogen-bond donors (Lipinski definition) is 1. The number of benzene rings is 1. The molecule has 1 aromatic heterocycles. The second-order valence-corrected chi connectivity index (χ2v) is 5.94. The predicted molar refractivity (Wildman–Crippen MR) is 80.7 cm³/mol. The van der Waals surface area contributed by atoms with Gasteiger partial charge < -0.3 is 5.32 Å². The number of hydrogen-bond acceptors (Lipinski definition) is 4. The van der Waals surface area contributed by atoms with E-state index >= 15 is 0 Å². The van der Waals surface area contributed by atoms with Crippen LogP contribution < -0.4 is 5.32 Å². The number of carbonyl (C=O) groups is 1. The van der Waals surface area contributed by atoms with Crippen molar-refractivity contribution in [3.05, 3.63) is 38.8 Å². The van der Waals surface area contributed by atoms with Crippen molar-refractivity contribution in [1.82, 2.24) is 9.59 Å². The minimum absolute atomic E-state index is 0.143. The number of nitrogens with zero attached hydrogens (tertiary/aromatic N) is 2. The van der Waals surface area contributed by atoms with Gasteiger partial charge in [-0.1, -0.05) is 33.8 Å². The first-order chi connectivity index (χ1) is 9.10. The fourth-order valence-corrected chi connectivity index (χ4v) is 2.99. The molecule has 0 spiro atoms. The monoisotopic (exact) mass is 339 g/mol. The molecule has 2 aromatic rings. The molecule has 100 valence electrons. The van der Waals surface area contributed by atoms with Gasteiger partial charge in [-0.05, 0) is 48.6 Å². The summed E-state index contributed by atoms with van der Waals surface area (Å²) in [4.78, 5) is 12.8. The van der Waals surface area contributed by atoms with E-state index in [0.717, 1.165) is 45.8 Å². The molecule has 0 aliphatic rings. The van der Waals surface area contributed by atoms with E-state index < -0.39 is 0 Å². The Bertz CT molecular complexity index is 577. The van der Waals surface area contributed by atoms with E-state index in [4.69, 9.17) is 0 Å². The molecule has 0 fully saturated rings. The van der Waals surface area contributed by atoms with Crippen molar-refractivity contribution in [3.8, 4) is 0 Å². The number of nitrogens with one attached hydrogen (secondary N) is 1. The van der Waals surface area contributed by atoms with Crippen LogP contribution in [0, 0.1) is 6.92 Å². The number of halogens is 1. The van der Waals surface area contributed by atoms with E-state index in [0.29, 0.717) is 4.88 Å². The molecule has 6 heteroatoms. The molecule has 0 aliphatic heterocycles. The number of carbonyl (C=O) groups excluding carboxylic acids is 1. The average molecular weight is 340 g/mol. The minimum Gasteiger partial charge on any atom is -0.321 e. The van der Waals surface area contributed by atoms with Crippen LogP contribution in [0.5, 0.6) is 0 Å². The highest BCUT2D eigenvalue weighted by Gasteiger charge is 2.15. The molecule has 0 saturated carbocycles. The zero-order valence-corrected chi connectivity index (χ0v) is 13.1. The highest BCUT2D eigenvalue weighted by molar-refractivity contribution is 9.10. The van der Waals surface area contributed by atoms with Crippen molar-refractivity contribution in [2.45, 2.75) is 26.7 Å². The Hall–Kier alpha value is -1.27. The van der Waals surface area contributed by atoms with Crippen molar-refractivity contribution in [3.63, 3.8) is 0 Å². The van der Waals surface area contributed by atoms with Crippen LogP contribution in [0.15, 0.2) is 22.7 Å². The summed E-state index contributed by atoms with van der Waals surface area (Å²) < 4.78 is 4.80. The third-order valence-corrected chi connectivity index (χ3v) is 3.77. The first-order valence-corrected chi connectivity index (χ1v) is 7.56. The molecule has 0 radical (unpaired) electrons. The normalized spacial score (nSPS) is 10.5. The van der Waals surface area contributed by atoms with Crippen LogP contribution in [-0.4, -0.2) is 15.5 Å². The van der Waals surface area contributed by atoms with Crippen LogP contribution in [0.25, 0.3) is 0 Å². The smallest absolute Gasteiger partial charge is 0.269 e. The minimum atomic E-state index is -0.143. The maximum atomic E-state index is 12.2. The Balaban J connectivity index is 2.18. The first-order valence-electron chi connectivity index (χ1n) is 6.00. The van der Waals surface area contributed by atoms with Gasteiger partial charge in [0.2, 0.25) is 0 Å². The van der Waals surface area contributed by atoms with Gasteiger partial charge in [-0.2, -0.15) is 0 Å². The summed E-state index contributed by atoms with van der Waals surface area (Å²) in [5.41, 5.74) is 2.63. The van der Waals surface area contributed by atoms with Crippen molar-refractivity contribution in [2.75, 3.05) is 5.32 Å². The number of rotatable bonds is 4. The second kappa shape index (κ2) is 6.25. The Kier molecular flexibility index (Phi) is 4.66. The van der Waals surface area contributed by atoms with Gasteiger partial charge >= 0.3 is 0 Å². The molecule has 1 aromatic carbocycles. The highest BCUT2D eigenvalue weighted by atomic mass is 79.9. The van der Waals surface area contributed by atoms with Crippen molar-refractivity contribution < 1.29 is 4.79 Å². The van der Waals surface area contributed by atoms with Gasteiger partial charge in [0.25, 0.3) is 5.91 Å². The molecular formula is C13H14BrN3OS. The summed E-state index contributed by atoms with van der Waals surface area (Å²) in [7, 11) is 0. The third kappa shape index (κ3) is 3.61. The largest absolute Gasteiger partial charge is 0.321 e.